The molecule has 0 saturated carbocycles. The van der Waals surface area contributed by atoms with Crippen LogP contribution in [0.15, 0.2) is 88.8 Å². The predicted molar refractivity (Wildman–Crippen MR) is 112 cm³/mol. The molecule has 0 aliphatic heterocycles. The Bertz CT molecular complexity index is 1280. The molecule has 0 saturated heterocycles. The maximum Gasteiger partial charge on any atom is 0.282 e. The number of rotatable bonds is 5. The molecule has 0 bridgehead atoms. The second kappa shape index (κ2) is 7.73. The third-order valence-electron chi connectivity index (χ3n) is 4.27. The van der Waals surface area contributed by atoms with Gasteiger partial charge in [-0.15, -0.1) is 0 Å². The smallest absolute Gasteiger partial charge is 0.279 e. The average Bonchev–Trinajstić information content (AvgIpc) is 2.75. The van der Waals surface area contributed by atoms with Gasteiger partial charge in [-0.2, -0.15) is 10.1 Å². The zero-order chi connectivity index (χ0) is 20.2. The van der Waals surface area contributed by atoms with Crippen molar-refractivity contribution in [3.8, 4) is 5.69 Å². The molecule has 0 spiro atoms. The second-order valence-corrected chi connectivity index (χ2v) is 6.15. The molecule has 4 rings (SSSR count). The molecular formula is C21H15N5O3. The lowest BCUT2D eigenvalue weighted by molar-refractivity contribution is -0.384. The van der Waals surface area contributed by atoms with Crippen molar-refractivity contribution in [3.05, 3.63) is 105 Å². The van der Waals surface area contributed by atoms with E-state index in [-0.39, 0.29) is 17.2 Å². The molecule has 1 N–H and O–H groups in total. The fourth-order valence-corrected chi connectivity index (χ4v) is 2.97. The number of nitrogens with zero attached hydrogens (tertiary/aromatic N) is 4. The molecule has 0 aliphatic rings. The van der Waals surface area contributed by atoms with Gasteiger partial charge in [-0.25, -0.2) is 5.43 Å². The van der Waals surface area contributed by atoms with Gasteiger partial charge in [-0.3, -0.25) is 19.5 Å². The van der Waals surface area contributed by atoms with Crippen molar-refractivity contribution in [1.29, 1.82) is 0 Å². The molecule has 3 aromatic carbocycles. The minimum absolute atomic E-state index is 0.0287. The molecule has 0 unspecified atom stereocenters. The highest BCUT2D eigenvalue weighted by Crippen LogP contribution is 2.20. The molecule has 29 heavy (non-hydrogen) atoms. The Morgan fingerprint density at radius 2 is 1.76 bits per heavy atom. The SMILES string of the molecule is O=c1nc(N/N=C\c2cccc([N+](=O)[O-])c2)n(-c2ccccc2)c2ccccc12. The van der Waals surface area contributed by atoms with Gasteiger partial charge in [-0.05, 0) is 24.3 Å². The van der Waals surface area contributed by atoms with E-state index in [4.69, 9.17) is 0 Å². The highest BCUT2D eigenvalue weighted by molar-refractivity contribution is 5.83. The van der Waals surface area contributed by atoms with Crippen LogP contribution in [0.3, 0.4) is 0 Å². The van der Waals surface area contributed by atoms with E-state index in [2.05, 4.69) is 15.5 Å². The number of non-ortho nitro benzene ring substituents is 1. The Hall–Kier alpha value is -4.33. The van der Waals surface area contributed by atoms with Gasteiger partial charge in [0.1, 0.15) is 0 Å². The molecule has 1 heterocycles. The molecular weight excluding hydrogens is 370 g/mol. The molecule has 0 aliphatic carbocycles. The van der Waals surface area contributed by atoms with Gasteiger partial charge in [0, 0.05) is 23.4 Å². The molecule has 142 valence electrons. The summed E-state index contributed by atoms with van der Waals surface area (Å²) in [5.74, 6) is 0.238. The zero-order valence-corrected chi connectivity index (χ0v) is 15.1. The van der Waals surface area contributed by atoms with E-state index >= 15 is 0 Å². The first-order valence-corrected chi connectivity index (χ1v) is 8.74. The average molecular weight is 385 g/mol. The van der Waals surface area contributed by atoms with Crippen molar-refractivity contribution < 1.29 is 4.92 Å². The van der Waals surface area contributed by atoms with Crippen LogP contribution in [0.25, 0.3) is 16.6 Å². The molecule has 0 atom stereocenters. The number of anilines is 1. The highest BCUT2D eigenvalue weighted by atomic mass is 16.6. The van der Waals surface area contributed by atoms with Crippen molar-refractivity contribution in [1.82, 2.24) is 9.55 Å². The molecule has 8 heteroatoms. The van der Waals surface area contributed by atoms with E-state index in [1.165, 1.54) is 18.3 Å². The molecule has 0 fully saturated rings. The normalized spacial score (nSPS) is 11.0. The molecule has 0 radical (unpaired) electrons. The van der Waals surface area contributed by atoms with Crippen LogP contribution in [0.4, 0.5) is 11.6 Å². The zero-order valence-electron chi connectivity index (χ0n) is 15.1. The largest absolute Gasteiger partial charge is 0.282 e. The topological polar surface area (TPSA) is 102 Å². The monoisotopic (exact) mass is 385 g/mol. The maximum absolute atomic E-state index is 12.4. The summed E-state index contributed by atoms with van der Waals surface area (Å²) in [4.78, 5) is 27.0. The number of aromatic nitrogens is 2. The summed E-state index contributed by atoms with van der Waals surface area (Å²) in [5, 5.41) is 15.5. The van der Waals surface area contributed by atoms with Crippen molar-refractivity contribution >= 4 is 28.8 Å². The van der Waals surface area contributed by atoms with Crippen LogP contribution in [0.1, 0.15) is 5.56 Å². The van der Waals surface area contributed by atoms with Crippen molar-refractivity contribution in [2.75, 3.05) is 5.43 Å². The maximum atomic E-state index is 12.4. The van der Waals surface area contributed by atoms with Crippen molar-refractivity contribution in [2.24, 2.45) is 5.10 Å². The van der Waals surface area contributed by atoms with Crippen molar-refractivity contribution in [2.45, 2.75) is 0 Å². The summed E-state index contributed by atoms with van der Waals surface area (Å²) in [6.07, 6.45) is 1.43. The lowest BCUT2D eigenvalue weighted by Gasteiger charge is -2.15. The number of hydrogen-bond donors (Lipinski definition) is 1. The van der Waals surface area contributed by atoms with Crippen LogP contribution >= 0.6 is 0 Å². The summed E-state index contributed by atoms with van der Waals surface area (Å²) in [6, 6.07) is 22.7. The summed E-state index contributed by atoms with van der Waals surface area (Å²) in [7, 11) is 0. The lowest BCUT2D eigenvalue weighted by atomic mass is 10.2. The number of nitro groups is 1. The Morgan fingerprint density at radius 1 is 1.00 bits per heavy atom. The van der Waals surface area contributed by atoms with Crippen LogP contribution in [-0.2, 0) is 0 Å². The summed E-state index contributed by atoms with van der Waals surface area (Å²) in [6.45, 7) is 0. The minimum Gasteiger partial charge on any atom is -0.279 e. The Balaban J connectivity index is 1.77. The van der Waals surface area contributed by atoms with Gasteiger partial charge < -0.3 is 0 Å². The predicted octanol–water partition coefficient (Wildman–Crippen LogP) is 3.74. The van der Waals surface area contributed by atoms with E-state index in [0.717, 1.165) is 5.69 Å². The number of hydrogen-bond acceptors (Lipinski definition) is 6. The van der Waals surface area contributed by atoms with Crippen molar-refractivity contribution in [3.63, 3.8) is 0 Å². The quantitative estimate of drug-likeness (QED) is 0.320. The Kier molecular flexibility index (Phi) is 4.81. The van der Waals surface area contributed by atoms with Crippen LogP contribution in [-0.4, -0.2) is 20.7 Å². The fraction of sp³-hybridized carbons (Fsp3) is 0. The van der Waals surface area contributed by atoms with Gasteiger partial charge >= 0.3 is 0 Å². The summed E-state index contributed by atoms with van der Waals surface area (Å²) < 4.78 is 1.79. The van der Waals surface area contributed by atoms with Gasteiger partial charge in [0.25, 0.3) is 11.2 Å². The highest BCUT2D eigenvalue weighted by Gasteiger charge is 2.11. The standard InChI is InChI=1S/C21H15N5O3/c27-20-18-11-4-5-12-19(18)25(16-8-2-1-3-9-16)21(23-20)24-22-14-15-7-6-10-17(13-15)26(28)29/h1-14H,(H,23,24,27)/b22-14-. The van der Waals surface area contributed by atoms with Crippen LogP contribution in [0, 0.1) is 10.1 Å². The van der Waals surface area contributed by atoms with Gasteiger partial charge in [0.05, 0.1) is 22.0 Å². The lowest BCUT2D eigenvalue weighted by Crippen LogP contribution is -2.16. The minimum atomic E-state index is -0.470. The van der Waals surface area contributed by atoms with Crippen LogP contribution in [0.5, 0.6) is 0 Å². The van der Waals surface area contributed by atoms with E-state index < -0.39 is 4.92 Å². The Morgan fingerprint density at radius 3 is 2.55 bits per heavy atom. The molecule has 0 amide bonds. The number of benzene rings is 3. The number of para-hydroxylation sites is 2. The first kappa shape index (κ1) is 18.1. The van der Waals surface area contributed by atoms with Gasteiger partial charge in [-0.1, -0.05) is 42.5 Å². The number of nitro benzene ring substituents is 1. The summed E-state index contributed by atoms with van der Waals surface area (Å²) in [5.41, 5.74) is 4.43. The number of fused-ring (bicyclic) bond motifs is 1. The van der Waals surface area contributed by atoms with Crippen LogP contribution < -0.4 is 11.0 Å². The van der Waals surface area contributed by atoms with Crippen LogP contribution in [0.2, 0.25) is 0 Å². The number of nitrogens with one attached hydrogen (secondary N) is 1. The third kappa shape index (κ3) is 3.72. The van der Waals surface area contributed by atoms with E-state index in [1.54, 1.807) is 28.8 Å². The van der Waals surface area contributed by atoms with Gasteiger partial charge in [0.2, 0.25) is 5.95 Å². The molecule has 1 aromatic heterocycles. The number of hydrazone groups is 1. The van der Waals surface area contributed by atoms with E-state index in [1.807, 2.05) is 42.5 Å². The fourth-order valence-electron chi connectivity index (χ4n) is 2.97. The second-order valence-electron chi connectivity index (χ2n) is 6.15. The van der Waals surface area contributed by atoms with Gasteiger partial charge in [0.15, 0.2) is 0 Å². The first-order valence-electron chi connectivity index (χ1n) is 8.74. The Labute approximate surface area is 164 Å². The summed E-state index contributed by atoms with van der Waals surface area (Å²) >= 11 is 0. The molecule has 8 nitrogen and oxygen atoms in total. The van der Waals surface area contributed by atoms with E-state index in [9.17, 15) is 14.9 Å². The van der Waals surface area contributed by atoms with E-state index in [0.29, 0.717) is 16.5 Å². The third-order valence-corrected chi connectivity index (χ3v) is 4.27. The molecule has 4 aromatic rings. The first-order chi connectivity index (χ1) is 14.1.